The van der Waals surface area contributed by atoms with Gasteiger partial charge in [0, 0.05) is 24.4 Å². The Morgan fingerprint density at radius 1 is 1.09 bits per heavy atom. The van der Waals surface area contributed by atoms with Crippen LogP contribution in [-0.4, -0.2) is 48.3 Å². The predicted octanol–water partition coefficient (Wildman–Crippen LogP) is 4.19. The third-order valence-electron chi connectivity index (χ3n) is 5.28. The van der Waals surface area contributed by atoms with Crippen molar-refractivity contribution >= 4 is 28.8 Å². The highest BCUT2D eigenvalue weighted by molar-refractivity contribution is 5.88. The first kappa shape index (κ1) is 24.0. The summed E-state index contributed by atoms with van der Waals surface area (Å²) in [6, 6.07) is 8.78. The van der Waals surface area contributed by atoms with Crippen molar-refractivity contribution in [3.8, 4) is 11.5 Å². The van der Waals surface area contributed by atoms with E-state index in [-0.39, 0.29) is 5.97 Å². The molecular formula is C24H31N5O4. The Bertz CT molecular complexity index is 1080. The molecular weight excluding hydrogens is 422 g/mol. The minimum absolute atomic E-state index is 0.328. The molecule has 0 radical (unpaired) electrons. The summed E-state index contributed by atoms with van der Waals surface area (Å²) >= 11 is 0. The Labute approximate surface area is 193 Å². The summed E-state index contributed by atoms with van der Waals surface area (Å²) in [6.45, 7) is 2.56. The number of anilines is 2. The number of unbranched alkanes of at least 4 members (excludes halogenated alkanes) is 2. The molecule has 2 heterocycles. The first-order valence-electron chi connectivity index (χ1n) is 11.0. The minimum atomic E-state index is -0.517. The quantitative estimate of drug-likeness (QED) is 0.308. The molecule has 2 N–H and O–H groups in total. The third-order valence-corrected chi connectivity index (χ3v) is 5.28. The van der Waals surface area contributed by atoms with Gasteiger partial charge in [0.1, 0.15) is 23.1 Å². The van der Waals surface area contributed by atoms with Gasteiger partial charge in [-0.1, -0.05) is 26.2 Å². The summed E-state index contributed by atoms with van der Waals surface area (Å²) < 4.78 is 15.7. The zero-order valence-corrected chi connectivity index (χ0v) is 19.6. The van der Waals surface area contributed by atoms with E-state index in [1.165, 1.54) is 7.11 Å². The van der Waals surface area contributed by atoms with Crippen molar-refractivity contribution in [2.75, 3.05) is 32.0 Å². The number of benzene rings is 1. The lowest BCUT2D eigenvalue weighted by atomic mass is 10.1. The van der Waals surface area contributed by atoms with Crippen LogP contribution in [0.1, 0.15) is 38.2 Å². The summed E-state index contributed by atoms with van der Waals surface area (Å²) in [7, 11) is 4.62. The fourth-order valence-electron chi connectivity index (χ4n) is 3.47. The van der Waals surface area contributed by atoms with Crippen LogP contribution in [0, 0.1) is 0 Å². The number of methoxy groups -OCH3 is 3. The van der Waals surface area contributed by atoms with Gasteiger partial charge in [-0.15, -0.1) is 0 Å². The summed E-state index contributed by atoms with van der Waals surface area (Å²) in [5.74, 6) is 1.98. The van der Waals surface area contributed by atoms with Crippen molar-refractivity contribution < 1.29 is 19.0 Å². The molecule has 0 aliphatic heterocycles. The first-order chi connectivity index (χ1) is 16.1. The number of hydrogen-bond donors (Lipinski definition) is 2. The average molecular weight is 454 g/mol. The van der Waals surface area contributed by atoms with Crippen molar-refractivity contribution in [1.82, 2.24) is 15.0 Å². The lowest BCUT2D eigenvalue weighted by molar-refractivity contribution is -0.141. The second kappa shape index (κ2) is 11.8. The molecule has 1 atom stereocenters. The second-order valence-electron chi connectivity index (χ2n) is 7.51. The normalized spacial score (nSPS) is 11.6. The van der Waals surface area contributed by atoms with E-state index >= 15 is 0 Å². The third kappa shape index (κ3) is 6.21. The number of aromatic nitrogens is 3. The van der Waals surface area contributed by atoms with E-state index in [1.54, 1.807) is 20.4 Å². The van der Waals surface area contributed by atoms with Crippen LogP contribution < -0.4 is 20.1 Å². The van der Waals surface area contributed by atoms with Crippen LogP contribution in [-0.2, 0) is 16.1 Å². The number of ether oxygens (including phenoxy) is 3. The molecule has 0 aliphatic rings. The molecule has 9 heteroatoms. The largest absolute Gasteiger partial charge is 0.497 e. The fraction of sp³-hybridized carbons (Fsp3) is 0.417. The molecule has 1 aromatic carbocycles. The van der Waals surface area contributed by atoms with Crippen LogP contribution in [0.15, 0.2) is 36.5 Å². The minimum Gasteiger partial charge on any atom is -0.497 e. The topological polar surface area (TPSA) is 107 Å². The van der Waals surface area contributed by atoms with Gasteiger partial charge in [0.05, 0.1) is 26.8 Å². The number of esters is 1. The molecule has 33 heavy (non-hydrogen) atoms. The fourth-order valence-corrected chi connectivity index (χ4v) is 3.47. The van der Waals surface area contributed by atoms with E-state index in [0.29, 0.717) is 47.3 Å². The van der Waals surface area contributed by atoms with E-state index < -0.39 is 6.04 Å². The Kier molecular flexibility index (Phi) is 8.63. The Morgan fingerprint density at radius 3 is 2.67 bits per heavy atom. The predicted molar refractivity (Wildman–Crippen MR) is 128 cm³/mol. The highest BCUT2D eigenvalue weighted by Crippen LogP contribution is 2.26. The maximum absolute atomic E-state index is 12.4. The molecule has 3 rings (SSSR count). The lowest BCUT2D eigenvalue weighted by Crippen LogP contribution is -2.31. The number of hydrogen-bond acceptors (Lipinski definition) is 9. The van der Waals surface area contributed by atoms with Gasteiger partial charge >= 0.3 is 5.97 Å². The maximum Gasteiger partial charge on any atom is 0.328 e. The van der Waals surface area contributed by atoms with E-state index in [0.717, 1.165) is 24.8 Å². The first-order valence-corrected chi connectivity index (χ1v) is 11.0. The smallest absolute Gasteiger partial charge is 0.328 e. The summed E-state index contributed by atoms with van der Waals surface area (Å²) in [6.07, 6.45) is 5.33. The van der Waals surface area contributed by atoms with E-state index in [2.05, 4.69) is 32.5 Å². The maximum atomic E-state index is 12.4. The number of carbonyl (C=O) groups is 1. The van der Waals surface area contributed by atoms with Crippen LogP contribution in [0.2, 0.25) is 0 Å². The molecule has 3 aromatic rings. The molecule has 0 saturated carbocycles. The van der Waals surface area contributed by atoms with Crippen molar-refractivity contribution in [2.24, 2.45) is 0 Å². The standard InChI is InChI=1S/C24H31N5O4/c1-5-6-7-9-19(23(30)33-4)27-22-21-18(10-8-13-25-21)28-24(29-22)26-15-16-11-12-17(31-2)14-20(16)32-3/h8,10-14,19H,5-7,9,15H2,1-4H3,(H2,26,27,28,29). The van der Waals surface area contributed by atoms with Gasteiger partial charge in [0.15, 0.2) is 5.82 Å². The molecule has 1 unspecified atom stereocenters. The molecule has 0 aliphatic carbocycles. The average Bonchev–Trinajstić information content (AvgIpc) is 2.86. The molecule has 9 nitrogen and oxygen atoms in total. The Morgan fingerprint density at radius 2 is 1.94 bits per heavy atom. The van der Waals surface area contributed by atoms with E-state index in [9.17, 15) is 4.79 Å². The van der Waals surface area contributed by atoms with Gasteiger partial charge in [-0.05, 0) is 30.7 Å². The molecule has 0 fully saturated rings. The van der Waals surface area contributed by atoms with Crippen LogP contribution >= 0.6 is 0 Å². The SMILES string of the molecule is CCCCCC(Nc1nc(NCc2ccc(OC)cc2OC)nc2cccnc12)C(=O)OC. The van der Waals surface area contributed by atoms with Crippen molar-refractivity contribution in [2.45, 2.75) is 45.2 Å². The number of pyridine rings is 1. The van der Waals surface area contributed by atoms with Crippen LogP contribution in [0.25, 0.3) is 11.0 Å². The zero-order chi connectivity index (χ0) is 23.6. The van der Waals surface area contributed by atoms with Gasteiger partial charge in [-0.2, -0.15) is 4.98 Å². The van der Waals surface area contributed by atoms with E-state index in [1.807, 2.05) is 30.3 Å². The summed E-state index contributed by atoms with van der Waals surface area (Å²) in [4.78, 5) is 26.0. The van der Waals surface area contributed by atoms with Gasteiger partial charge in [0.2, 0.25) is 5.95 Å². The highest BCUT2D eigenvalue weighted by atomic mass is 16.5. The molecule has 176 valence electrons. The van der Waals surface area contributed by atoms with Crippen LogP contribution in [0.4, 0.5) is 11.8 Å². The second-order valence-corrected chi connectivity index (χ2v) is 7.51. The van der Waals surface area contributed by atoms with Gasteiger partial charge in [0.25, 0.3) is 0 Å². The van der Waals surface area contributed by atoms with Crippen molar-refractivity contribution in [3.05, 3.63) is 42.1 Å². The van der Waals surface area contributed by atoms with Crippen LogP contribution in [0.5, 0.6) is 11.5 Å². The Hall–Kier alpha value is -3.62. The number of nitrogens with one attached hydrogen (secondary N) is 2. The number of fused-ring (bicyclic) bond motifs is 1. The monoisotopic (exact) mass is 453 g/mol. The van der Waals surface area contributed by atoms with E-state index in [4.69, 9.17) is 14.2 Å². The zero-order valence-electron chi connectivity index (χ0n) is 19.6. The molecule has 0 amide bonds. The van der Waals surface area contributed by atoms with Gasteiger partial charge < -0.3 is 24.8 Å². The summed E-state index contributed by atoms with van der Waals surface area (Å²) in [5, 5.41) is 6.49. The molecule has 0 saturated heterocycles. The lowest BCUT2D eigenvalue weighted by Gasteiger charge is -2.18. The van der Waals surface area contributed by atoms with Crippen molar-refractivity contribution in [1.29, 1.82) is 0 Å². The van der Waals surface area contributed by atoms with Crippen LogP contribution in [0.3, 0.4) is 0 Å². The summed E-state index contributed by atoms with van der Waals surface area (Å²) in [5.41, 5.74) is 2.18. The van der Waals surface area contributed by atoms with Gasteiger partial charge in [-0.3, -0.25) is 4.98 Å². The number of carbonyl (C=O) groups excluding carboxylic acids is 1. The molecule has 2 aromatic heterocycles. The Balaban J connectivity index is 1.86. The molecule has 0 spiro atoms. The van der Waals surface area contributed by atoms with Gasteiger partial charge in [-0.25, -0.2) is 9.78 Å². The number of rotatable bonds is 12. The van der Waals surface area contributed by atoms with Crippen molar-refractivity contribution in [3.63, 3.8) is 0 Å². The number of nitrogens with zero attached hydrogens (tertiary/aromatic N) is 3. The molecule has 0 bridgehead atoms. The highest BCUT2D eigenvalue weighted by Gasteiger charge is 2.21.